The van der Waals surface area contributed by atoms with Gasteiger partial charge in [-0.05, 0) is 36.2 Å². The Balaban J connectivity index is 1.31. The Morgan fingerprint density at radius 1 is 1.04 bits per heavy atom. The summed E-state index contributed by atoms with van der Waals surface area (Å²) in [6, 6.07) is 13.4. The molecule has 1 aliphatic carbocycles. The van der Waals surface area contributed by atoms with Gasteiger partial charge in [0.25, 0.3) is 5.91 Å². The van der Waals surface area contributed by atoms with Crippen molar-refractivity contribution in [1.82, 2.24) is 4.90 Å². The van der Waals surface area contributed by atoms with Crippen molar-refractivity contribution in [3.63, 3.8) is 0 Å². The predicted molar refractivity (Wildman–Crippen MR) is 106 cm³/mol. The Kier molecular flexibility index (Phi) is 5.19. The number of carbonyl (C=O) groups is 2. The van der Waals surface area contributed by atoms with Crippen molar-refractivity contribution in [3.05, 3.63) is 53.6 Å². The van der Waals surface area contributed by atoms with E-state index < -0.39 is 0 Å². The summed E-state index contributed by atoms with van der Waals surface area (Å²) in [5.41, 5.74) is 2.85. The predicted octanol–water partition coefficient (Wildman–Crippen LogP) is 2.55. The molecule has 2 aromatic rings. The van der Waals surface area contributed by atoms with E-state index in [0.29, 0.717) is 25.3 Å². The van der Waals surface area contributed by atoms with Gasteiger partial charge < -0.3 is 19.3 Å². The number of fused-ring (bicyclic) bond motifs is 1. The van der Waals surface area contributed by atoms with Crippen LogP contribution in [0.3, 0.4) is 0 Å². The van der Waals surface area contributed by atoms with Crippen molar-refractivity contribution < 1.29 is 19.1 Å². The van der Waals surface area contributed by atoms with Gasteiger partial charge in [-0.2, -0.15) is 0 Å². The van der Waals surface area contributed by atoms with Crippen LogP contribution in [0.5, 0.6) is 11.5 Å². The number of ether oxygens (including phenoxy) is 2. The highest BCUT2D eigenvalue weighted by atomic mass is 16.5. The zero-order valence-electron chi connectivity index (χ0n) is 16.0. The first-order valence-corrected chi connectivity index (χ1v) is 9.60. The summed E-state index contributed by atoms with van der Waals surface area (Å²) in [6.07, 6.45) is 1.36. The summed E-state index contributed by atoms with van der Waals surface area (Å²) in [5.74, 6) is 1.54. The second-order valence-corrected chi connectivity index (χ2v) is 7.07. The average Bonchev–Trinajstić information content (AvgIpc) is 3.12. The number of ketones is 1. The molecule has 0 bridgehead atoms. The maximum atomic E-state index is 12.5. The van der Waals surface area contributed by atoms with Crippen LogP contribution in [-0.4, -0.2) is 56.5 Å². The fourth-order valence-electron chi connectivity index (χ4n) is 3.83. The van der Waals surface area contributed by atoms with Crippen LogP contribution in [0.2, 0.25) is 0 Å². The molecule has 0 aromatic heterocycles. The number of amides is 1. The second kappa shape index (κ2) is 7.92. The number of benzene rings is 2. The number of methoxy groups -OCH3 is 1. The van der Waals surface area contributed by atoms with Gasteiger partial charge in [-0.3, -0.25) is 9.59 Å². The molecule has 146 valence electrons. The van der Waals surface area contributed by atoms with Gasteiger partial charge in [0.05, 0.1) is 12.8 Å². The topological polar surface area (TPSA) is 59.1 Å². The molecule has 2 aromatic carbocycles. The van der Waals surface area contributed by atoms with Crippen molar-refractivity contribution >= 4 is 17.4 Å². The van der Waals surface area contributed by atoms with Gasteiger partial charge >= 0.3 is 0 Å². The molecule has 0 unspecified atom stereocenters. The van der Waals surface area contributed by atoms with Crippen LogP contribution in [0.25, 0.3) is 0 Å². The number of carbonyl (C=O) groups excluding carboxylic acids is 2. The molecule has 28 heavy (non-hydrogen) atoms. The minimum atomic E-state index is -0.0356. The van der Waals surface area contributed by atoms with E-state index in [1.165, 1.54) is 0 Å². The number of hydrogen-bond acceptors (Lipinski definition) is 5. The van der Waals surface area contributed by atoms with Crippen molar-refractivity contribution in [3.8, 4) is 11.5 Å². The van der Waals surface area contributed by atoms with Gasteiger partial charge in [-0.15, -0.1) is 0 Å². The highest BCUT2D eigenvalue weighted by Crippen LogP contribution is 2.28. The number of piperazine rings is 1. The van der Waals surface area contributed by atoms with Crippen molar-refractivity contribution in [2.24, 2.45) is 0 Å². The highest BCUT2D eigenvalue weighted by Gasteiger charge is 2.24. The summed E-state index contributed by atoms with van der Waals surface area (Å²) in [7, 11) is 1.67. The highest BCUT2D eigenvalue weighted by molar-refractivity contribution is 6.00. The second-order valence-electron chi connectivity index (χ2n) is 7.07. The molecule has 6 nitrogen and oxygen atoms in total. The normalized spacial score (nSPS) is 16.1. The van der Waals surface area contributed by atoms with Crippen molar-refractivity contribution in [1.29, 1.82) is 0 Å². The van der Waals surface area contributed by atoms with Gasteiger partial charge in [0.15, 0.2) is 12.4 Å². The first-order valence-electron chi connectivity index (χ1n) is 9.60. The lowest BCUT2D eigenvalue weighted by molar-refractivity contribution is -0.133. The van der Waals surface area contributed by atoms with Crippen LogP contribution in [0.4, 0.5) is 5.69 Å². The van der Waals surface area contributed by atoms with E-state index in [1.807, 2.05) is 41.3 Å². The minimum absolute atomic E-state index is 0.0123. The molecular weight excluding hydrogens is 356 g/mol. The summed E-state index contributed by atoms with van der Waals surface area (Å²) in [5, 5.41) is 0. The number of rotatable bonds is 5. The molecule has 1 aliphatic heterocycles. The Morgan fingerprint density at radius 2 is 1.82 bits per heavy atom. The fourth-order valence-corrected chi connectivity index (χ4v) is 3.83. The number of para-hydroxylation sites is 2. The summed E-state index contributed by atoms with van der Waals surface area (Å²) in [6.45, 7) is 2.77. The lowest BCUT2D eigenvalue weighted by Gasteiger charge is -2.36. The van der Waals surface area contributed by atoms with Crippen LogP contribution in [0, 0.1) is 0 Å². The standard InChI is InChI=1S/C22H24N2O4/c1-27-21-5-3-2-4-19(21)23-10-12-24(13-11-23)22(26)15-28-17-8-6-16-7-9-20(25)18(16)14-17/h2-6,8,14H,7,9-13,15H2,1H3. The molecule has 1 amide bonds. The van der Waals surface area contributed by atoms with Crippen LogP contribution in [-0.2, 0) is 11.2 Å². The van der Waals surface area contributed by atoms with Crippen LogP contribution in [0.15, 0.2) is 42.5 Å². The molecular formula is C22H24N2O4. The third kappa shape index (κ3) is 3.67. The van der Waals surface area contributed by atoms with Gasteiger partial charge in [-0.25, -0.2) is 0 Å². The SMILES string of the molecule is COc1ccccc1N1CCN(C(=O)COc2ccc3c(c2)C(=O)CC3)CC1. The number of nitrogens with zero attached hydrogens (tertiary/aromatic N) is 2. The maximum Gasteiger partial charge on any atom is 0.260 e. The van der Waals surface area contributed by atoms with Crippen molar-refractivity contribution in [2.45, 2.75) is 12.8 Å². The fraction of sp³-hybridized carbons (Fsp3) is 0.364. The van der Waals surface area contributed by atoms with E-state index in [4.69, 9.17) is 9.47 Å². The first-order chi connectivity index (χ1) is 13.7. The quantitative estimate of drug-likeness (QED) is 0.798. The molecule has 0 spiro atoms. The van der Waals surface area contributed by atoms with E-state index in [9.17, 15) is 9.59 Å². The number of anilines is 1. The van der Waals surface area contributed by atoms with Crippen LogP contribution < -0.4 is 14.4 Å². The third-order valence-electron chi connectivity index (χ3n) is 5.42. The zero-order valence-corrected chi connectivity index (χ0v) is 16.0. The van der Waals surface area contributed by atoms with Gasteiger partial charge in [0.1, 0.15) is 11.5 Å². The van der Waals surface area contributed by atoms with E-state index in [-0.39, 0.29) is 18.3 Å². The van der Waals surface area contributed by atoms with E-state index in [0.717, 1.165) is 42.1 Å². The summed E-state index contributed by atoms with van der Waals surface area (Å²) in [4.78, 5) is 28.4. The Morgan fingerprint density at radius 3 is 2.61 bits per heavy atom. The van der Waals surface area contributed by atoms with Crippen LogP contribution >= 0.6 is 0 Å². The molecule has 1 heterocycles. The molecule has 6 heteroatoms. The van der Waals surface area contributed by atoms with Crippen LogP contribution in [0.1, 0.15) is 22.3 Å². The summed E-state index contributed by atoms with van der Waals surface area (Å²) < 4.78 is 11.1. The number of aryl methyl sites for hydroxylation is 1. The lowest BCUT2D eigenvalue weighted by Crippen LogP contribution is -2.50. The molecule has 1 saturated heterocycles. The molecule has 0 saturated carbocycles. The Hall–Kier alpha value is -3.02. The molecule has 0 N–H and O–H groups in total. The molecule has 2 aliphatic rings. The zero-order chi connectivity index (χ0) is 19.5. The Labute approximate surface area is 164 Å². The van der Waals surface area contributed by atoms with Gasteiger partial charge in [0, 0.05) is 38.2 Å². The van der Waals surface area contributed by atoms with Gasteiger partial charge in [-0.1, -0.05) is 18.2 Å². The summed E-state index contributed by atoms with van der Waals surface area (Å²) >= 11 is 0. The largest absolute Gasteiger partial charge is 0.495 e. The molecule has 1 fully saturated rings. The number of Topliss-reactive ketones (excluding diaryl/α,β-unsaturated/α-hetero) is 1. The van der Waals surface area contributed by atoms with Crippen molar-refractivity contribution in [2.75, 3.05) is 44.8 Å². The number of hydrogen-bond donors (Lipinski definition) is 0. The average molecular weight is 380 g/mol. The smallest absolute Gasteiger partial charge is 0.260 e. The molecule has 0 atom stereocenters. The Bertz CT molecular complexity index is 888. The molecule has 0 radical (unpaired) electrons. The van der Waals surface area contributed by atoms with E-state index in [1.54, 1.807) is 13.2 Å². The maximum absolute atomic E-state index is 12.5. The third-order valence-corrected chi connectivity index (χ3v) is 5.42. The van der Waals surface area contributed by atoms with E-state index >= 15 is 0 Å². The monoisotopic (exact) mass is 380 g/mol. The first kappa shape index (κ1) is 18.3. The minimum Gasteiger partial charge on any atom is -0.495 e. The molecule has 4 rings (SSSR count). The lowest BCUT2D eigenvalue weighted by atomic mass is 10.1. The van der Waals surface area contributed by atoms with Gasteiger partial charge in [0.2, 0.25) is 0 Å². The van der Waals surface area contributed by atoms with E-state index in [2.05, 4.69) is 4.90 Å².